The molecule has 0 aromatic carbocycles. The van der Waals surface area contributed by atoms with Crippen LogP contribution in [0.25, 0.3) is 0 Å². The van der Waals surface area contributed by atoms with Crippen molar-refractivity contribution in [2.75, 3.05) is 0 Å². The molecule has 0 fully saturated rings. The zero-order valence-electron chi connectivity index (χ0n) is 11.8. The van der Waals surface area contributed by atoms with Crippen molar-refractivity contribution in [3.63, 3.8) is 0 Å². The van der Waals surface area contributed by atoms with Crippen LogP contribution in [-0.4, -0.2) is 5.78 Å². The molecule has 1 atom stereocenters. The van der Waals surface area contributed by atoms with Gasteiger partial charge in [-0.1, -0.05) is 47.1 Å². The summed E-state index contributed by atoms with van der Waals surface area (Å²) >= 11 is 0. The first-order valence-corrected chi connectivity index (χ1v) is 6.04. The standard InChI is InChI=1S/C12H22O.C2H6.FH.H2/c1-6-8-11(10(3)13)9-12(4,5)7-2;1-2;;/h6,11H,1,7-9H2,2-5H3;1-2H3;2*1H. The SMILES string of the molecule is C=CCC(CC(C)(C)CC)C(C)=O.CC.F.[HH]. The highest BCUT2D eigenvalue weighted by Crippen LogP contribution is 2.30. The Morgan fingerprint density at radius 2 is 1.88 bits per heavy atom. The Morgan fingerprint density at radius 1 is 1.44 bits per heavy atom. The Morgan fingerprint density at radius 3 is 2.12 bits per heavy atom. The minimum atomic E-state index is 0. The van der Waals surface area contributed by atoms with Crippen molar-refractivity contribution < 1.29 is 10.9 Å². The molecule has 2 heteroatoms. The van der Waals surface area contributed by atoms with E-state index in [4.69, 9.17) is 0 Å². The lowest BCUT2D eigenvalue weighted by Gasteiger charge is -2.26. The van der Waals surface area contributed by atoms with Crippen molar-refractivity contribution in [1.29, 1.82) is 0 Å². The second-order valence-corrected chi connectivity index (χ2v) is 4.55. The molecular formula is C14H31FO. The van der Waals surface area contributed by atoms with E-state index < -0.39 is 0 Å². The molecule has 0 aromatic rings. The van der Waals surface area contributed by atoms with Gasteiger partial charge in [-0.2, -0.15) is 0 Å². The second kappa shape index (κ2) is 10.8. The molecule has 0 heterocycles. The minimum absolute atomic E-state index is 0. The number of carbonyl (C=O) groups is 1. The lowest BCUT2D eigenvalue weighted by atomic mass is 9.78. The summed E-state index contributed by atoms with van der Waals surface area (Å²) < 4.78 is 0. The summed E-state index contributed by atoms with van der Waals surface area (Å²) in [5, 5.41) is 0. The fraction of sp³-hybridized carbons (Fsp3) is 0.786. The van der Waals surface area contributed by atoms with Crippen LogP contribution in [0, 0.1) is 11.3 Å². The number of hydrogen-bond acceptors (Lipinski definition) is 1. The molecule has 0 radical (unpaired) electrons. The average Bonchev–Trinajstić information content (AvgIpc) is 2.20. The van der Waals surface area contributed by atoms with Gasteiger partial charge < -0.3 is 0 Å². The Labute approximate surface area is 102 Å². The number of allylic oxidation sites excluding steroid dienone is 1. The fourth-order valence-corrected chi connectivity index (χ4v) is 1.41. The fourth-order valence-electron chi connectivity index (χ4n) is 1.41. The Hall–Kier alpha value is -0.660. The zero-order chi connectivity index (χ0) is 12.5. The topological polar surface area (TPSA) is 17.1 Å². The molecule has 0 aliphatic heterocycles. The third-order valence-corrected chi connectivity index (χ3v) is 2.78. The molecule has 0 aliphatic carbocycles. The molecule has 0 saturated carbocycles. The molecule has 0 bridgehead atoms. The average molecular weight is 234 g/mol. The van der Waals surface area contributed by atoms with E-state index in [1.165, 1.54) is 0 Å². The number of carbonyl (C=O) groups excluding carboxylic acids is 1. The molecular weight excluding hydrogens is 203 g/mol. The number of ketones is 1. The summed E-state index contributed by atoms with van der Waals surface area (Å²) in [5.74, 6) is 0.467. The number of rotatable bonds is 6. The molecule has 16 heavy (non-hydrogen) atoms. The van der Waals surface area contributed by atoms with Gasteiger partial charge in [0.15, 0.2) is 0 Å². The largest absolute Gasteiger partial charge is 0.300 e. The van der Waals surface area contributed by atoms with E-state index in [9.17, 15) is 4.79 Å². The van der Waals surface area contributed by atoms with Gasteiger partial charge in [0.2, 0.25) is 0 Å². The van der Waals surface area contributed by atoms with E-state index in [0.717, 1.165) is 19.3 Å². The molecule has 0 aromatic heterocycles. The lowest BCUT2D eigenvalue weighted by molar-refractivity contribution is -0.121. The van der Waals surface area contributed by atoms with Gasteiger partial charge in [0, 0.05) is 7.34 Å². The van der Waals surface area contributed by atoms with Gasteiger partial charge >= 0.3 is 0 Å². The van der Waals surface area contributed by atoms with E-state index in [-0.39, 0.29) is 17.5 Å². The van der Waals surface area contributed by atoms with E-state index in [2.05, 4.69) is 27.4 Å². The first-order valence-electron chi connectivity index (χ1n) is 6.04. The molecule has 0 N–H and O–H groups in total. The highest BCUT2D eigenvalue weighted by molar-refractivity contribution is 5.78. The van der Waals surface area contributed by atoms with Crippen LogP contribution in [0.2, 0.25) is 0 Å². The van der Waals surface area contributed by atoms with Crippen molar-refractivity contribution in [3.8, 4) is 0 Å². The van der Waals surface area contributed by atoms with Crippen LogP contribution in [0.3, 0.4) is 0 Å². The van der Waals surface area contributed by atoms with E-state index in [1.807, 2.05) is 19.9 Å². The van der Waals surface area contributed by atoms with E-state index >= 15 is 0 Å². The summed E-state index contributed by atoms with van der Waals surface area (Å²) in [5.41, 5.74) is 0.277. The van der Waals surface area contributed by atoms with Crippen molar-refractivity contribution in [3.05, 3.63) is 12.7 Å². The molecule has 0 saturated heterocycles. The van der Waals surface area contributed by atoms with E-state index in [1.54, 1.807) is 6.92 Å². The summed E-state index contributed by atoms with van der Waals surface area (Å²) in [7, 11) is 0. The predicted octanol–water partition coefficient (Wildman–Crippen LogP) is 5.02. The van der Waals surface area contributed by atoms with Crippen LogP contribution in [0.1, 0.15) is 62.2 Å². The first kappa shape index (κ1) is 20.7. The molecule has 0 spiro atoms. The Bertz CT molecular complexity index is 191. The smallest absolute Gasteiger partial charge is 0.133 e. The molecule has 100 valence electrons. The summed E-state index contributed by atoms with van der Waals surface area (Å²) in [6.07, 6.45) is 4.76. The summed E-state index contributed by atoms with van der Waals surface area (Å²) in [6, 6.07) is 0. The van der Waals surface area contributed by atoms with Crippen molar-refractivity contribution in [1.82, 2.24) is 0 Å². The van der Waals surface area contributed by atoms with Crippen LogP contribution < -0.4 is 0 Å². The third-order valence-electron chi connectivity index (χ3n) is 2.78. The van der Waals surface area contributed by atoms with Gasteiger partial charge in [0.05, 0.1) is 0 Å². The maximum Gasteiger partial charge on any atom is 0.133 e. The predicted molar refractivity (Wildman–Crippen MR) is 73.6 cm³/mol. The van der Waals surface area contributed by atoms with Crippen LogP contribution in [-0.2, 0) is 4.79 Å². The minimum Gasteiger partial charge on any atom is -0.300 e. The van der Waals surface area contributed by atoms with Gasteiger partial charge in [-0.3, -0.25) is 9.50 Å². The molecule has 1 unspecified atom stereocenters. The van der Waals surface area contributed by atoms with Gasteiger partial charge in [-0.05, 0) is 25.2 Å². The van der Waals surface area contributed by atoms with Gasteiger partial charge in [0.1, 0.15) is 5.78 Å². The van der Waals surface area contributed by atoms with Gasteiger partial charge in [0.25, 0.3) is 0 Å². The molecule has 1 nitrogen and oxygen atoms in total. The number of hydrogen-bond donors (Lipinski definition) is 0. The normalized spacial score (nSPS) is 11.6. The quantitative estimate of drug-likeness (QED) is 0.590. The maximum absolute atomic E-state index is 11.3. The highest BCUT2D eigenvalue weighted by atomic mass is 19.0. The van der Waals surface area contributed by atoms with Crippen LogP contribution in [0.5, 0.6) is 0 Å². The first-order chi connectivity index (χ1) is 6.93. The van der Waals surface area contributed by atoms with Gasteiger partial charge in [-0.15, -0.1) is 6.58 Å². The van der Waals surface area contributed by atoms with Crippen molar-refractivity contribution >= 4 is 5.78 Å². The van der Waals surface area contributed by atoms with Gasteiger partial charge in [-0.25, -0.2) is 0 Å². The van der Waals surface area contributed by atoms with Crippen LogP contribution >= 0.6 is 0 Å². The van der Waals surface area contributed by atoms with Crippen LogP contribution in [0.4, 0.5) is 4.70 Å². The second-order valence-electron chi connectivity index (χ2n) is 4.55. The van der Waals surface area contributed by atoms with E-state index in [0.29, 0.717) is 5.78 Å². The number of halogens is 1. The van der Waals surface area contributed by atoms with Crippen molar-refractivity contribution in [2.24, 2.45) is 11.3 Å². The number of Topliss-reactive ketones (excluding diaryl/α,β-unsaturated/α-hetero) is 1. The summed E-state index contributed by atoms with van der Waals surface area (Å²) in [4.78, 5) is 11.3. The Balaban J connectivity index is -0.000000199. The third kappa shape index (κ3) is 9.88. The Kier molecular flexibility index (Phi) is 14.0. The lowest BCUT2D eigenvalue weighted by Crippen LogP contribution is -2.20. The highest BCUT2D eigenvalue weighted by Gasteiger charge is 2.23. The zero-order valence-corrected chi connectivity index (χ0v) is 11.8. The molecule has 0 aliphatic rings. The van der Waals surface area contributed by atoms with Crippen molar-refractivity contribution in [2.45, 2.75) is 60.8 Å². The molecule has 0 amide bonds. The molecule has 0 rings (SSSR count). The summed E-state index contributed by atoms with van der Waals surface area (Å²) in [6.45, 7) is 16.0. The monoisotopic (exact) mass is 234 g/mol. The maximum atomic E-state index is 11.3. The van der Waals surface area contributed by atoms with Crippen LogP contribution in [0.15, 0.2) is 12.7 Å².